The topological polar surface area (TPSA) is 123 Å². The van der Waals surface area contributed by atoms with Crippen LogP contribution < -0.4 is 20.7 Å². The maximum Gasteiger partial charge on any atom is 0.320 e. The van der Waals surface area contributed by atoms with E-state index >= 15 is 0 Å². The lowest BCUT2D eigenvalue weighted by Crippen LogP contribution is -2.42. The summed E-state index contributed by atoms with van der Waals surface area (Å²) in [6, 6.07) is 12.6. The number of urea groups is 1. The van der Waals surface area contributed by atoms with Crippen LogP contribution in [0.15, 0.2) is 60.8 Å². The molecule has 0 aliphatic carbocycles. The fraction of sp³-hybridized carbons (Fsp3) is 0.267. The maximum absolute atomic E-state index is 14.0. The minimum absolute atomic E-state index is 0.0723. The molecular formula is C30H30F3N7O4. The first-order chi connectivity index (χ1) is 21.2. The molecule has 2 atom stereocenters. The minimum atomic E-state index is -1.07. The number of hydroxylamine groups is 2. The summed E-state index contributed by atoms with van der Waals surface area (Å²) in [6.45, 7) is 1.08. The Bertz CT molecular complexity index is 1670. The van der Waals surface area contributed by atoms with Crippen LogP contribution in [0.3, 0.4) is 0 Å². The fourth-order valence-electron chi connectivity index (χ4n) is 4.96. The Morgan fingerprint density at radius 1 is 1.11 bits per heavy atom. The molecule has 0 saturated carbocycles. The van der Waals surface area contributed by atoms with E-state index in [1.165, 1.54) is 31.5 Å². The minimum Gasteiger partial charge on any atom is -0.480 e. The van der Waals surface area contributed by atoms with Crippen LogP contribution in [0, 0.1) is 18.6 Å². The third-order valence-corrected chi connectivity index (χ3v) is 7.10. The molecule has 1 aliphatic heterocycles. The maximum atomic E-state index is 14.0. The Morgan fingerprint density at radius 2 is 1.89 bits per heavy atom. The third-order valence-electron chi connectivity index (χ3n) is 7.10. The lowest BCUT2D eigenvalue weighted by molar-refractivity contribution is -0.149. The van der Waals surface area contributed by atoms with Gasteiger partial charge in [-0.05, 0) is 42.8 Å². The van der Waals surface area contributed by atoms with Crippen LogP contribution in [0.25, 0.3) is 16.9 Å². The van der Waals surface area contributed by atoms with Crippen molar-refractivity contribution in [2.24, 2.45) is 0 Å². The van der Waals surface area contributed by atoms with Crippen LogP contribution in [0.1, 0.15) is 27.6 Å². The standard InChI is InChI=1S/C30H30F3N7O4/c1-17-25(19-13-21(28(41)34-2)29(43-3)35-15-19)38-40(20-7-5-4-6-8-20)27(17)37-30(42)36-24-16-39(12-11-31)44-26(24)18-9-10-22(32)23(33)14-18/h4-10,13-15,24,26H,11-12,16H2,1-3H3,(H,34,41)(H2,36,37,42)/t24-,26+/m1/s1. The van der Waals surface area contributed by atoms with Crippen molar-refractivity contribution in [1.82, 2.24) is 30.5 Å². The van der Waals surface area contributed by atoms with Gasteiger partial charge in [-0.1, -0.05) is 24.3 Å². The van der Waals surface area contributed by atoms with Gasteiger partial charge in [0.1, 0.15) is 24.2 Å². The van der Waals surface area contributed by atoms with Crippen LogP contribution in [0.4, 0.5) is 23.8 Å². The normalized spacial score (nSPS) is 16.5. The number of anilines is 1. The van der Waals surface area contributed by atoms with Gasteiger partial charge in [-0.15, -0.1) is 0 Å². The SMILES string of the molecule is CNC(=O)c1cc(-c2nn(-c3ccccc3)c(NC(=O)N[C@@H]3CN(CCF)O[C@H]3c3ccc(F)c(F)c3)c2C)cnc1OC. The summed E-state index contributed by atoms with van der Waals surface area (Å²) >= 11 is 0. The van der Waals surface area contributed by atoms with Gasteiger partial charge in [0.2, 0.25) is 5.88 Å². The molecule has 2 aromatic carbocycles. The zero-order chi connectivity index (χ0) is 31.4. The molecule has 3 amide bonds. The Balaban J connectivity index is 1.47. The summed E-state index contributed by atoms with van der Waals surface area (Å²) in [5, 5.41) is 14.3. The highest BCUT2D eigenvalue weighted by Gasteiger charge is 2.37. The predicted molar refractivity (Wildman–Crippen MR) is 155 cm³/mol. The van der Waals surface area contributed by atoms with Gasteiger partial charge in [0, 0.05) is 30.9 Å². The number of pyridine rings is 1. The number of hydrogen-bond donors (Lipinski definition) is 3. The van der Waals surface area contributed by atoms with Gasteiger partial charge in [0.25, 0.3) is 5.91 Å². The fourth-order valence-corrected chi connectivity index (χ4v) is 4.96. The molecule has 1 fully saturated rings. The second kappa shape index (κ2) is 13.1. The van der Waals surface area contributed by atoms with Gasteiger partial charge < -0.3 is 15.4 Å². The molecule has 230 valence electrons. The molecule has 1 saturated heterocycles. The summed E-state index contributed by atoms with van der Waals surface area (Å²) < 4.78 is 47.5. The first-order valence-electron chi connectivity index (χ1n) is 13.7. The summed E-state index contributed by atoms with van der Waals surface area (Å²) in [7, 11) is 2.90. The number of halogens is 3. The van der Waals surface area contributed by atoms with E-state index in [1.54, 1.807) is 29.8 Å². The van der Waals surface area contributed by atoms with Crippen molar-refractivity contribution in [3.8, 4) is 22.8 Å². The van der Waals surface area contributed by atoms with E-state index in [0.717, 1.165) is 12.1 Å². The lowest BCUT2D eigenvalue weighted by Gasteiger charge is -2.20. The van der Waals surface area contributed by atoms with Crippen molar-refractivity contribution in [2.75, 3.05) is 39.2 Å². The zero-order valence-electron chi connectivity index (χ0n) is 24.1. The molecule has 14 heteroatoms. The number of ether oxygens (including phenoxy) is 1. The highest BCUT2D eigenvalue weighted by atomic mass is 19.2. The van der Waals surface area contributed by atoms with E-state index < -0.39 is 42.4 Å². The van der Waals surface area contributed by atoms with Crippen molar-refractivity contribution in [3.63, 3.8) is 0 Å². The molecule has 1 aliphatic rings. The van der Waals surface area contributed by atoms with Crippen LogP contribution in [0.5, 0.6) is 5.88 Å². The highest BCUT2D eigenvalue weighted by molar-refractivity contribution is 5.97. The van der Waals surface area contributed by atoms with Gasteiger partial charge in [-0.25, -0.2) is 27.6 Å². The van der Waals surface area contributed by atoms with Gasteiger partial charge in [-0.3, -0.25) is 14.9 Å². The number of aromatic nitrogens is 3. The third kappa shape index (κ3) is 6.21. The molecule has 0 radical (unpaired) electrons. The molecule has 4 aromatic rings. The predicted octanol–water partition coefficient (Wildman–Crippen LogP) is 4.34. The van der Waals surface area contributed by atoms with Crippen molar-refractivity contribution in [3.05, 3.63) is 89.1 Å². The summed E-state index contributed by atoms with van der Waals surface area (Å²) in [5.74, 6) is -2.03. The second-order valence-electron chi connectivity index (χ2n) is 9.91. The molecule has 5 rings (SSSR count). The first kappa shape index (κ1) is 30.5. The van der Waals surface area contributed by atoms with Crippen molar-refractivity contribution < 1.29 is 32.3 Å². The molecular weight excluding hydrogens is 579 g/mol. The first-order valence-corrected chi connectivity index (χ1v) is 13.7. The Morgan fingerprint density at radius 3 is 2.57 bits per heavy atom. The van der Waals surface area contributed by atoms with Gasteiger partial charge in [0.05, 0.1) is 31.1 Å². The molecule has 0 bridgehead atoms. The van der Waals surface area contributed by atoms with Crippen molar-refractivity contribution >= 4 is 17.8 Å². The van der Waals surface area contributed by atoms with E-state index in [1.807, 2.05) is 18.2 Å². The molecule has 0 unspecified atom stereocenters. The number of nitrogens with zero attached hydrogens (tertiary/aromatic N) is 4. The lowest BCUT2D eigenvalue weighted by atomic mass is 10.0. The van der Waals surface area contributed by atoms with Gasteiger partial charge >= 0.3 is 6.03 Å². The van der Waals surface area contributed by atoms with E-state index in [0.29, 0.717) is 28.3 Å². The number of carbonyl (C=O) groups is 2. The molecule has 0 spiro atoms. The molecule has 3 heterocycles. The van der Waals surface area contributed by atoms with Crippen molar-refractivity contribution in [2.45, 2.75) is 19.1 Å². The summed E-state index contributed by atoms with van der Waals surface area (Å²) in [4.78, 5) is 36.0. The van der Waals surface area contributed by atoms with Crippen molar-refractivity contribution in [1.29, 1.82) is 0 Å². The number of nitrogens with one attached hydrogen (secondary N) is 3. The summed E-state index contributed by atoms with van der Waals surface area (Å²) in [5.41, 5.74) is 2.64. The largest absolute Gasteiger partial charge is 0.480 e. The molecule has 44 heavy (non-hydrogen) atoms. The van der Waals surface area contributed by atoms with E-state index in [4.69, 9.17) is 14.7 Å². The zero-order valence-corrected chi connectivity index (χ0v) is 24.1. The van der Waals surface area contributed by atoms with E-state index in [9.17, 15) is 22.8 Å². The average molecular weight is 610 g/mol. The van der Waals surface area contributed by atoms with E-state index in [-0.39, 0.29) is 30.1 Å². The smallest absolute Gasteiger partial charge is 0.320 e. The number of carbonyl (C=O) groups excluding carboxylic acids is 2. The van der Waals surface area contributed by atoms with Gasteiger partial charge in [-0.2, -0.15) is 10.2 Å². The number of rotatable bonds is 9. The van der Waals surface area contributed by atoms with Crippen LogP contribution >= 0.6 is 0 Å². The average Bonchev–Trinajstić information content (AvgIpc) is 3.58. The van der Waals surface area contributed by atoms with E-state index in [2.05, 4.69) is 20.9 Å². The molecule has 11 nitrogen and oxygen atoms in total. The Labute approximate surface area is 250 Å². The number of hydrogen-bond acceptors (Lipinski definition) is 7. The second-order valence-corrected chi connectivity index (χ2v) is 9.91. The van der Waals surface area contributed by atoms with Crippen LogP contribution in [0.2, 0.25) is 0 Å². The Hall–Kier alpha value is -4.95. The number of para-hydroxylation sites is 1. The van der Waals surface area contributed by atoms with Crippen LogP contribution in [-0.2, 0) is 4.84 Å². The van der Waals surface area contributed by atoms with Gasteiger partial charge in [0.15, 0.2) is 11.6 Å². The monoisotopic (exact) mass is 609 g/mol. The van der Waals surface area contributed by atoms with Crippen LogP contribution in [-0.4, -0.2) is 71.7 Å². The molecule has 2 aromatic heterocycles. The quantitative estimate of drug-likeness (QED) is 0.258. The summed E-state index contributed by atoms with van der Waals surface area (Å²) in [6.07, 6.45) is 0.619. The number of alkyl halides is 1. The Kier molecular flexibility index (Phi) is 9.11. The highest BCUT2D eigenvalue weighted by Crippen LogP contribution is 2.33. The number of methoxy groups -OCH3 is 1. The number of benzene rings is 2. The molecule has 3 N–H and O–H groups in total. The number of amides is 3.